The van der Waals surface area contributed by atoms with Crippen LogP contribution in [0.4, 0.5) is 11.4 Å². The molecule has 5 nitrogen and oxygen atoms in total. The van der Waals surface area contributed by atoms with Gasteiger partial charge in [-0.3, -0.25) is 4.72 Å². The number of nitrogens with one attached hydrogen (secondary N) is 1. The van der Waals surface area contributed by atoms with E-state index in [1.807, 2.05) is 31.2 Å². The number of hydrogen-bond acceptors (Lipinski definition) is 4. The fourth-order valence-corrected chi connectivity index (χ4v) is 3.70. The van der Waals surface area contributed by atoms with Crippen molar-refractivity contribution in [1.82, 2.24) is 4.90 Å². The Bertz CT molecular complexity index is 535. The van der Waals surface area contributed by atoms with Crippen molar-refractivity contribution in [3.63, 3.8) is 0 Å². The molecule has 0 unspecified atom stereocenters. The first kappa shape index (κ1) is 16.1. The van der Waals surface area contributed by atoms with Crippen molar-refractivity contribution in [2.24, 2.45) is 0 Å². The second kappa shape index (κ2) is 7.13. The van der Waals surface area contributed by atoms with Crippen molar-refractivity contribution in [1.29, 1.82) is 0 Å². The van der Waals surface area contributed by atoms with Crippen molar-refractivity contribution < 1.29 is 8.42 Å². The van der Waals surface area contributed by atoms with Crippen LogP contribution in [0.1, 0.15) is 20.3 Å². The van der Waals surface area contributed by atoms with Crippen LogP contribution in [0.25, 0.3) is 0 Å². The van der Waals surface area contributed by atoms with E-state index in [-0.39, 0.29) is 5.75 Å². The van der Waals surface area contributed by atoms with E-state index in [0.717, 1.165) is 38.4 Å². The Balaban J connectivity index is 1.96. The van der Waals surface area contributed by atoms with Crippen LogP contribution < -0.4 is 9.62 Å². The lowest BCUT2D eigenvalue weighted by Crippen LogP contribution is -2.46. The maximum absolute atomic E-state index is 11.7. The van der Waals surface area contributed by atoms with Crippen molar-refractivity contribution in [3.8, 4) is 0 Å². The van der Waals surface area contributed by atoms with Gasteiger partial charge in [0.1, 0.15) is 0 Å². The Morgan fingerprint density at radius 3 is 2.19 bits per heavy atom. The largest absolute Gasteiger partial charge is 0.369 e. The number of nitrogens with zero attached hydrogens (tertiary/aromatic N) is 2. The van der Waals surface area contributed by atoms with Crippen molar-refractivity contribution in [3.05, 3.63) is 24.3 Å². The van der Waals surface area contributed by atoms with Gasteiger partial charge in [-0.1, -0.05) is 13.8 Å². The van der Waals surface area contributed by atoms with E-state index in [0.29, 0.717) is 12.1 Å². The SMILES string of the molecule is CCCS(=O)(=O)Nc1ccc(N2CCN(CC)CC2)cc1. The number of piperazine rings is 1. The topological polar surface area (TPSA) is 52.7 Å². The Kier molecular flexibility index (Phi) is 5.47. The van der Waals surface area contributed by atoms with Gasteiger partial charge in [-0.15, -0.1) is 0 Å². The standard InChI is InChI=1S/C15H25N3O2S/c1-3-13-21(19,20)16-14-5-7-15(8-6-14)18-11-9-17(4-2)10-12-18/h5-8,16H,3-4,9-13H2,1-2H3. The minimum absolute atomic E-state index is 0.160. The van der Waals surface area contributed by atoms with Gasteiger partial charge >= 0.3 is 0 Å². The fraction of sp³-hybridized carbons (Fsp3) is 0.600. The average Bonchev–Trinajstić information content (AvgIpc) is 2.48. The number of anilines is 2. The van der Waals surface area contributed by atoms with Gasteiger partial charge in [0.15, 0.2) is 0 Å². The highest BCUT2D eigenvalue weighted by atomic mass is 32.2. The Labute approximate surface area is 128 Å². The smallest absolute Gasteiger partial charge is 0.232 e. The highest BCUT2D eigenvalue weighted by molar-refractivity contribution is 7.92. The van der Waals surface area contributed by atoms with Crippen LogP contribution in [-0.2, 0) is 10.0 Å². The first-order chi connectivity index (χ1) is 10.0. The summed E-state index contributed by atoms with van der Waals surface area (Å²) in [5.41, 5.74) is 1.79. The summed E-state index contributed by atoms with van der Waals surface area (Å²) < 4.78 is 26.1. The Morgan fingerprint density at radius 2 is 1.67 bits per heavy atom. The highest BCUT2D eigenvalue weighted by Gasteiger charge is 2.16. The quantitative estimate of drug-likeness (QED) is 0.873. The van der Waals surface area contributed by atoms with Gasteiger partial charge in [-0.25, -0.2) is 8.42 Å². The van der Waals surface area contributed by atoms with Gasteiger partial charge in [0, 0.05) is 37.6 Å². The van der Waals surface area contributed by atoms with E-state index >= 15 is 0 Å². The van der Waals surface area contributed by atoms with Crippen molar-refractivity contribution in [2.45, 2.75) is 20.3 Å². The molecule has 0 saturated carbocycles. The molecule has 1 aromatic carbocycles. The van der Waals surface area contributed by atoms with Crippen LogP contribution in [0.5, 0.6) is 0 Å². The third-order valence-corrected chi connectivity index (χ3v) is 5.29. The van der Waals surface area contributed by atoms with E-state index in [1.54, 1.807) is 0 Å². The third-order valence-electron chi connectivity index (χ3n) is 3.80. The maximum atomic E-state index is 11.7. The Hall–Kier alpha value is -1.27. The molecule has 0 bridgehead atoms. The molecule has 0 spiro atoms. The maximum Gasteiger partial charge on any atom is 0.232 e. The lowest BCUT2D eigenvalue weighted by atomic mass is 10.2. The predicted octanol–water partition coefficient (Wildman–Crippen LogP) is 1.98. The number of hydrogen-bond donors (Lipinski definition) is 1. The molecular formula is C15H25N3O2S. The predicted molar refractivity (Wildman–Crippen MR) is 88.5 cm³/mol. The van der Waals surface area contributed by atoms with Gasteiger partial charge in [0.25, 0.3) is 0 Å². The molecule has 1 heterocycles. The van der Waals surface area contributed by atoms with Crippen LogP contribution >= 0.6 is 0 Å². The molecule has 1 aliphatic heterocycles. The van der Waals surface area contributed by atoms with Gasteiger partial charge in [-0.2, -0.15) is 0 Å². The van der Waals surface area contributed by atoms with E-state index in [2.05, 4.69) is 21.4 Å². The molecule has 21 heavy (non-hydrogen) atoms. The summed E-state index contributed by atoms with van der Waals surface area (Å²) in [7, 11) is -3.20. The van der Waals surface area contributed by atoms with Crippen LogP contribution in [0.3, 0.4) is 0 Å². The molecule has 0 aromatic heterocycles. The zero-order valence-electron chi connectivity index (χ0n) is 12.9. The number of sulfonamides is 1. The molecule has 1 N–H and O–H groups in total. The summed E-state index contributed by atoms with van der Waals surface area (Å²) in [5.74, 6) is 0.160. The van der Waals surface area contributed by atoms with E-state index in [9.17, 15) is 8.42 Å². The molecule has 1 aromatic rings. The molecule has 118 valence electrons. The van der Waals surface area contributed by atoms with Gasteiger partial charge < -0.3 is 9.80 Å². The summed E-state index contributed by atoms with van der Waals surface area (Å²) in [6, 6.07) is 7.67. The second-order valence-corrected chi connectivity index (χ2v) is 7.23. The van der Waals surface area contributed by atoms with Crippen LogP contribution in [0.2, 0.25) is 0 Å². The van der Waals surface area contributed by atoms with Crippen LogP contribution in [0.15, 0.2) is 24.3 Å². The molecule has 1 saturated heterocycles. The zero-order chi connectivity index (χ0) is 15.3. The summed E-state index contributed by atoms with van der Waals surface area (Å²) in [6.45, 7) is 9.36. The molecule has 0 atom stereocenters. The zero-order valence-corrected chi connectivity index (χ0v) is 13.7. The summed E-state index contributed by atoms with van der Waals surface area (Å²) >= 11 is 0. The minimum Gasteiger partial charge on any atom is -0.369 e. The summed E-state index contributed by atoms with van der Waals surface area (Å²) in [6.07, 6.45) is 0.620. The normalized spacial score (nSPS) is 17.0. The third kappa shape index (κ3) is 4.61. The van der Waals surface area contributed by atoms with Crippen molar-refractivity contribution >= 4 is 21.4 Å². The lowest BCUT2D eigenvalue weighted by Gasteiger charge is -2.35. The summed E-state index contributed by atoms with van der Waals surface area (Å²) in [4.78, 5) is 4.78. The number of likely N-dealkylation sites (N-methyl/N-ethyl adjacent to an activating group) is 1. The molecule has 0 aliphatic carbocycles. The van der Waals surface area contributed by atoms with E-state index in [1.165, 1.54) is 0 Å². The van der Waals surface area contributed by atoms with Gasteiger partial charge in [-0.05, 0) is 37.2 Å². The monoisotopic (exact) mass is 311 g/mol. The van der Waals surface area contributed by atoms with E-state index in [4.69, 9.17) is 0 Å². The second-order valence-electron chi connectivity index (χ2n) is 5.39. The first-order valence-electron chi connectivity index (χ1n) is 7.62. The molecule has 0 amide bonds. The number of rotatable bonds is 6. The molecule has 2 rings (SSSR count). The van der Waals surface area contributed by atoms with Crippen LogP contribution in [0, 0.1) is 0 Å². The first-order valence-corrected chi connectivity index (χ1v) is 9.27. The van der Waals surface area contributed by atoms with Crippen molar-refractivity contribution in [2.75, 3.05) is 48.1 Å². The molecule has 0 radical (unpaired) electrons. The van der Waals surface area contributed by atoms with Gasteiger partial charge in [0.05, 0.1) is 5.75 Å². The van der Waals surface area contributed by atoms with Gasteiger partial charge in [0.2, 0.25) is 10.0 Å². The average molecular weight is 311 g/mol. The minimum atomic E-state index is -3.20. The fourth-order valence-electron chi connectivity index (χ4n) is 2.56. The van der Waals surface area contributed by atoms with Crippen LogP contribution in [-0.4, -0.2) is 51.8 Å². The molecule has 6 heteroatoms. The number of benzene rings is 1. The molecule has 1 fully saturated rings. The molecular weight excluding hydrogens is 286 g/mol. The highest BCUT2D eigenvalue weighted by Crippen LogP contribution is 2.20. The Morgan fingerprint density at radius 1 is 1.05 bits per heavy atom. The van der Waals surface area contributed by atoms with E-state index < -0.39 is 10.0 Å². The molecule has 1 aliphatic rings. The lowest BCUT2D eigenvalue weighted by molar-refractivity contribution is 0.271. The summed E-state index contributed by atoms with van der Waals surface area (Å²) in [5, 5.41) is 0.